The van der Waals surface area contributed by atoms with Gasteiger partial charge < -0.3 is 9.73 Å². The summed E-state index contributed by atoms with van der Waals surface area (Å²) in [5.41, 5.74) is 7.52. The number of nitrogens with zero attached hydrogens (tertiary/aromatic N) is 1. The first kappa shape index (κ1) is 27.7. The molecule has 0 saturated carbocycles. The maximum atomic E-state index is 12.5. The van der Waals surface area contributed by atoms with E-state index in [9.17, 15) is 13.0 Å². The van der Waals surface area contributed by atoms with Crippen LogP contribution in [0.1, 0.15) is 25.0 Å². The van der Waals surface area contributed by atoms with Crippen molar-refractivity contribution < 1.29 is 17.4 Å². The summed E-state index contributed by atoms with van der Waals surface area (Å²) >= 11 is 0. The molecule has 0 saturated heterocycles. The van der Waals surface area contributed by atoms with Gasteiger partial charge in [0, 0.05) is 39.9 Å². The maximum absolute atomic E-state index is 12.5. The van der Waals surface area contributed by atoms with Gasteiger partial charge >= 0.3 is 0 Å². The standard InChI is InChI=1S/C35H32N2O4S/c1-21-9-7-10-22(2)34(21)36-25-15-17-27-30(19-25)41-31-20-26(37-35-23(3)11-8-12-24(35)4)16-18-28(31)33(27)29-13-5-6-14-32(29)42(38,39)40/h5-21,34,36H,1-4H3,(H,38,39,40). The van der Waals surface area contributed by atoms with E-state index in [4.69, 9.17) is 9.41 Å². The largest absolute Gasteiger partial charge is 0.456 e. The Morgan fingerprint density at radius 1 is 0.881 bits per heavy atom. The van der Waals surface area contributed by atoms with Crippen LogP contribution in [-0.2, 0) is 10.1 Å². The molecule has 0 radical (unpaired) electrons. The Morgan fingerprint density at radius 2 is 1.64 bits per heavy atom. The number of aryl methyl sites for hydroxylation is 2. The minimum Gasteiger partial charge on any atom is -0.456 e. The van der Waals surface area contributed by atoms with E-state index < -0.39 is 10.1 Å². The zero-order chi connectivity index (χ0) is 29.6. The van der Waals surface area contributed by atoms with Gasteiger partial charge in [-0.1, -0.05) is 67.1 Å². The predicted molar refractivity (Wildman–Crippen MR) is 169 cm³/mol. The molecule has 6 rings (SSSR count). The molecule has 0 fully saturated rings. The molecule has 2 N–H and O–H groups in total. The highest BCUT2D eigenvalue weighted by atomic mass is 32.2. The Morgan fingerprint density at radius 3 is 2.38 bits per heavy atom. The lowest BCUT2D eigenvalue weighted by Gasteiger charge is -2.27. The smallest absolute Gasteiger partial charge is 0.295 e. The molecule has 0 bridgehead atoms. The Labute approximate surface area is 245 Å². The summed E-state index contributed by atoms with van der Waals surface area (Å²) in [6.07, 6.45) is 6.37. The summed E-state index contributed by atoms with van der Waals surface area (Å²) in [7, 11) is -4.49. The minimum atomic E-state index is -4.49. The molecule has 2 atom stereocenters. The number of benzene rings is 4. The van der Waals surface area contributed by atoms with Crippen molar-refractivity contribution in [1.29, 1.82) is 0 Å². The average molecular weight is 577 g/mol. The Hall–Kier alpha value is -4.46. The third kappa shape index (κ3) is 5.17. The second-order valence-corrected chi connectivity index (χ2v) is 12.4. The van der Waals surface area contributed by atoms with Crippen molar-refractivity contribution in [3.63, 3.8) is 0 Å². The summed E-state index contributed by atoms with van der Waals surface area (Å²) in [4.78, 5) is 4.76. The number of fused-ring (bicyclic) bond motifs is 2. The average Bonchev–Trinajstić information content (AvgIpc) is 2.95. The van der Waals surface area contributed by atoms with E-state index in [0.29, 0.717) is 34.0 Å². The second-order valence-electron chi connectivity index (χ2n) is 11.0. The highest BCUT2D eigenvalue weighted by molar-refractivity contribution is 7.86. The molecule has 1 aliphatic heterocycles. The van der Waals surface area contributed by atoms with Crippen molar-refractivity contribution >= 4 is 32.5 Å². The highest BCUT2D eigenvalue weighted by Gasteiger charge is 2.24. The summed E-state index contributed by atoms with van der Waals surface area (Å²) < 4.78 is 41.5. The van der Waals surface area contributed by atoms with Crippen LogP contribution >= 0.6 is 0 Å². The first-order valence-electron chi connectivity index (χ1n) is 13.9. The van der Waals surface area contributed by atoms with E-state index in [-0.39, 0.29) is 10.9 Å². The van der Waals surface area contributed by atoms with Gasteiger partial charge in [0.15, 0.2) is 0 Å². The van der Waals surface area contributed by atoms with Gasteiger partial charge in [-0.25, -0.2) is 4.99 Å². The lowest BCUT2D eigenvalue weighted by Crippen LogP contribution is -2.28. The van der Waals surface area contributed by atoms with E-state index >= 15 is 0 Å². The second kappa shape index (κ2) is 10.7. The van der Waals surface area contributed by atoms with Gasteiger partial charge in [0.2, 0.25) is 0 Å². The molecule has 42 heavy (non-hydrogen) atoms. The molecule has 6 nitrogen and oxygen atoms in total. The van der Waals surface area contributed by atoms with Crippen LogP contribution in [0.5, 0.6) is 0 Å². The van der Waals surface area contributed by atoms with Crippen LogP contribution in [0.25, 0.3) is 33.4 Å². The molecule has 2 unspecified atom stereocenters. The Balaban J connectivity index is 1.60. The van der Waals surface area contributed by atoms with E-state index in [1.165, 1.54) is 11.6 Å². The van der Waals surface area contributed by atoms with Crippen LogP contribution in [-0.4, -0.2) is 19.0 Å². The number of anilines is 1. The van der Waals surface area contributed by atoms with Crippen molar-refractivity contribution in [2.75, 3.05) is 5.32 Å². The molecule has 3 aromatic carbocycles. The molecule has 7 heteroatoms. The topological polar surface area (TPSA) is 91.9 Å². The SMILES string of the molecule is CC1=CC=CC(C)C1Nc1ccc2c(-c3ccccc3S(=O)(=O)O)c3ccc(=Nc4c(C)cccc4C)cc-3oc2c1. The van der Waals surface area contributed by atoms with Crippen LogP contribution in [0.4, 0.5) is 11.4 Å². The molecule has 0 spiro atoms. The number of nitrogens with one attached hydrogen (secondary N) is 1. The number of hydrogen-bond donors (Lipinski definition) is 2. The molecular weight excluding hydrogens is 544 g/mol. The van der Waals surface area contributed by atoms with E-state index in [0.717, 1.165) is 33.2 Å². The number of allylic oxidation sites excluding steroid dienone is 2. The van der Waals surface area contributed by atoms with Crippen LogP contribution in [0.2, 0.25) is 0 Å². The highest BCUT2D eigenvalue weighted by Crippen LogP contribution is 2.43. The zero-order valence-electron chi connectivity index (χ0n) is 23.9. The fourth-order valence-corrected chi connectivity index (χ4v) is 6.47. The van der Waals surface area contributed by atoms with Gasteiger partial charge in [-0.15, -0.1) is 0 Å². The molecule has 0 aromatic heterocycles. The summed E-state index contributed by atoms with van der Waals surface area (Å²) in [5.74, 6) is 0.864. The van der Waals surface area contributed by atoms with Gasteiger partial charge in [0.1, 0.15) is 16.2 Å². The fraction of sp³-hybridized carbons (Fsp3) is 0.171. The lowest BCUT2D eigenvalue weighted by atomic mass is 9.90. The van der Waals surface area contributed by atoms with Crippen LogP contribution in [0.3, 0.4) is 0 Å². The van der Waals surface area contributed by atoms with Crippen molar-refractivity contribution in [3.8, 4) is 22.5 Å². The third-order valence-electron chi connectivity index (χ3n) is 7.93. The van der Waals surface area contributed by atoms with Crippen molar-refractivity contribution in [3.05, 3.63) is 119 Å². The van der Waals surface area contributed by atoms with Gasteiger partial charge in [-0.3, -0.25) is 4.55 Å². The number of rotatable bonds is 5. The Bertz CT molecular complexity index is 2030. The van der Waals surface area contributed by atoms with Gasteiger partial charge in [-0.2, -0.15) is 8.42 Å². The van der Waals surface area contributed by atoms with Gasteiger partial charge in [0.05, 0.1) is 17.1 Å². The van der Waals surface area contributed by atoms with E-state index in [1.54, 1.807) is 18.2 Å². The van der Waals surface area contributed by atoms with Crippen molar-refractivity contribution in [1.82, 2.24) is 0 Å². The monoisotopic (exact) mass is 576 g/mol. The van der Waals surface area contributed by atoms with Crippen molar-refractivity contribution in [2.45, 2.75) is 38.6 Å². The first-order valence-corrected chi connectivity index (χ1v) is 15.3. The molecule has 1 heterocycles. The van der Waals surface area contributed by atoms with Crippen LogP contribution in [0.15, 0.2) is 117 Å². The fourth-order valence-electron chi connectivity index (χ4n) is 5.77. The summed E-state index contributed by atoms with van der Waals surface area (Å²) in [5, 5.41) is 5.08. The minimum absolute atomic E-state index is 0.135. The van der Waals surface area contributed by atoms with Crippen molar-refractivity contribution in [2.24, 2.45) is 10.9 Å². The Kier molecular flexibility index (Phi) is 7.09. The third-order valence-corrected chi connectivity index (χ3v) is 8.84. The molecular formula is C35H32N2O4S. The number of para-hydroxylation sites is 1. The molecule has 212 valence electrons. The quantitative estimate of drug-likeness (QED) is 0.162. The maximum Gasteiger partial charge on any atom is 0.295 e. The lowest BCUT2D eigenvalue weighted by molar-refractivity contribution is 0.483. The zero-order valence-corrected chi connectivity index (χ0v) is 24.7. The molecule has 3 aromatic rings. The van der Waals surface area contributed by atoms with E-state index in [1.807, 2.05) is 68.4 Å². The molecule has 3 aliphatic rings. The predicted octanol–water partition coefficient (Wildman–Crippen LogP) is 8.23. The molecule has 0 amide bonds. The van der Waals surface area contributed by atoms with E-state index in [2.05, 4.69) is 37.4 Å². The summed E-state index contributed by atoms with van der Waals surface area (Å²) in [6.45, 7) is 8.35. The first-order chi connectivity index (χ1) is 20.1. The normalized spacial score (nSPS) is 17.5. The van der Waals surface area contributed by atoms with Gasteiger partial charge in [-0.05, 0) is 68.1 Å². The summed E-state index contributed by atoms with van der Waals surface area (Å²) in [6, 6.07) is 24.2. The van der Waals surface area contributed by atoms with Crippen LogP contribution < -0.4 is 10.7 Å². The van der Waals surface area contributed by atoms with Gasteiger partial charge in [0.25, 0.3) is 10.1 Å². The molecule has 2 aliphatic carbocycles. The number of hydrogen-bond acceptors (Lipinski definition) is 5. The van der Waals surface area contributed by atoms with Crippen LogP contribution in [0, 0.1) is 19.8 Å².